The van der Waals surface area contributed by atoms with E-state index in [1.54, 1.807) is 0 Å². The van der Waals surface area contributed by atoms with Gasteiger partial charge < -0.3 is 9.57 Å². The first-order valence-electron chi connectivity index (χ1n) is 8.39. The maximum atomic E-state index is 5.99. The van der Waals surface area contributed by atoms with Crippen molar-refractivity contribution < 1.29 is 9.57 Å². The van der Waals surface area contributed by atoms with Crippen molar-refractivity contribution in [3.63, 3.8) is 0 Å². The first kappa shape index (κ1) is 18.0. The van der Waals surface area contributed by atoms with Crippen LogP contribution in [0.15, 0.2) is 84.0 Å². The third kappa shape index (κ3) is 5.11. The molecule has 132 valence electrons. The maximum absolute atomic E-state index is 5.99. The van der Waals surface area contributed by atoms with Gasteiger partial charge in [-0.25, -0.2) is 0 Å². The minimum Gasteiger partial charge on any atom is -0.487 e. The van der Waals surface area contributed by atoms with E-state index >= 15 is 0 Å². The highest BCUT2D eigenvalue weighted by Crippen LogP contribution is 2.17. The molecule has 3 aromatic carbocycles. The molecule has 0 atom stereocenters. The Morgan fingerprint density at radius 2 is 1.58 bits per heavy atom. The van der Waals surface area contributed by atoms with Crippen molar-refractivity contribution in [2.45, 2.75) is 13.5 Å². The van der Waals surface area contributed by atoms with Crippen LogP contribution in [0, 0.1) is 6.92 Å². The molecule has 0 aromatic heterocycles. The predicted octanol–water partition coefficient (Wildman–Crippen LogP) is 5.65. The fourth-order valence-corrected chi connectivity index (χ4v) is 2.55. The molecule has 0 amide bonds. The van der Waals surface area contributed by atoms with Crippen LogP contribution in [0.25, 0.3) is 0 Å². The summed E-state index contributed by atoms with van der Waals surface area (Å²) in [6.07, 6.45) is 0. The second-order valence-corrected chi connectivity index (χ2v) is 6.29. The zero-order valence-corrected chi connectivity index (χ0v) is 15.3. The van der Waals surface area contributed by atoms with Crippen LogP contribution in [-0.4, -0.2) is 12.3 Å². The van der Waals surface area contributed by atoms with Gasteiger partial charge in [-0.15, -0.1) is 0 Å². The van der Waals surface area contributed by atoms with Crippen molar-refractivity contribution in [2.75, 3.05) is 6.61 Å². The lowest BCUT2D eigenvalue weighted by Crippen LogP contribution is -2.14. The van der Waals surface area contributed by atoms with E-state index in [0.717, 1.165) is 22.4 Å². The normalized spacial score (nSPS) is 11.2. The maximum Gasteiger partial charge on any atom is 0.142 e. The fraction of sp³-hybridized carbons (Fsp3) is 0.136. The van der Waals surface area contributed by atoms with Gasteiger partial charge in [0.15, 0.2) is 0 Å². The Bertz CT molecular complexity index is 861. The van der Waals surface area contributed by atoms with Gasteiger partial charge in [0.1, 0.15) is 24.7 Å². The summed E-state index contributed by atoms with van der Waals surface area (Å²) >= 11 is 5.99. The van der Waals surface area contributed by atoms with Crippen molar-refractivity contribution >= 4 is 17.3 Å². The van der Waals surface area contributed by atoms with Crippen LogP contribution in [0.5, 0.6) is 5.75 Å². The van der Waals surface area contributed by atoms with E-state index in [1.807, 2.05) is 85.8 Å². The molecule has 3 nitrogen and oxygen atoms in total. The van der Waals surface area contributed by atoms with E-state index in [4.69, 9.17) is 21.2 Å². The minimum atomic E-state index is 0.307. The monoisotopic (exact) mass is 365 g/mol. The Labute approximate surface area is 158 Å². The quantitative estimate of drug-likeness (QED) is 0.400. The van der Waals surface area contributed by atoms with Crippen LogP contribution in [0.2, 0.25) is 5.02 Å². The Balaban J connectivity index is 1.74. The number of oxime groups is 1. The highest BCUT2D eigenvalue weighted by Gasteiger charge is 2.08. The summed E-state index contributed by atoms with van der Waals surface area (Å²) in [7, 11) is 0. The lowest BCUT2D eigenvalue weighted by Gasteiger charge is -2.11. The molecule has 0 aliphatic rings. The smallest absolute Gasteiger partial charge is 0.142 e. The second-order valence-electron chi connectivity index (χ2n) is 5.86. The first-order valence-corrected chi connectivity index (χ1v) is 8.77. The van der Waals surface area contributed by atoms with Crippen molar-refractivity contribution in [3.05, 3.63) is 101 Å². The molecule has 3 rings (SSSR count). The molecule has 0 fully saturated rings. The number of para-hydroxylation sites is 1. The number of ether oxygens (including phenoxy) is 1. The van der Waals surface area contributed by atoms with E-state index in [0.29, 0.717) is 23.9 Å². The largest absolute Gasteiger partial charge is 0.487 e. The van der Waals surface area contributed by atoms with E-state index in [1.165, 1.54) is 0 Å². The van der Waals surface area contributed by atoms with Gasteiger partial charge in [-0.1, -0.05) is 77.4 Å². The molecule has 0 aliphatic heterocycles. The molecule has 0 heterocycles. The van der Waals surface area contributed by atoms with Gasteiger partial charge in [0.2, 0.25) is 0 Å². The summed E-state index contributed by atoms with van der Waals surface area (Å²) in [5.41, 5.74) is 3.76. The number of rotatable bonds is 7. The van der Waals surface area contributed by atoms with Crippen molar-refractivity contribution in [2.24, 2.45) is 5.16 Å². The fourth-order valence-electron chi connectivity index (χ4n) is 2.43. The van der Waals surface area contributed by atoms with Crippen LogP contribution in [0.3, 0.4) is 0 Å². The van der Waals surface area contributed by atoms with Crippen molar-refractivity contribution in [1.82, 2.24) is 0 Å². The van der Waals surface area contributed by atoms with Crippen molar-refractivity contribution in [3.8, 4) is 5.75 Å². The van der Waals surface area contributed by atoms with E-state index in [-0.39, 0.29) is 0 Å². The number of benzene rings is 3. The molecule has 26 heavy (non-hydrogen) atoms. The molecule has 0 spiro atoms. The van der Waals surface area contributed by atoms with Gasteiger partial charge in [-0.3, -0.25) is 0 Å². The molecule has 0 N–H and O–H groups in total. The van der Waals surface area contributed by atoms with Crippen LogP contribution in [0.1, 0.15) is 16.7 Å². The summed E-state index contributed by atoms with van der Waals surface area (Å²) in [6.45, 7) is 2.73. The van der Waals surface area contributed by atoms with Crippen LogP contribution < -0.4 is 4.74 Å². The number of hydrogen-bond acceptors (Lipinski definition) is 3. The van der Waals surface area contributed by atoms with Gasteiger partial charge in [0.25, 0.3) is 0 Å². The van der Waals surface area contributed by atoms with Gasteiger partial charge in [0.05, 0.1) is 0 Å². The zero-order valence-electron chi connectivity index (χ0n) is 14.6. The molecule has 0 unspecified atom stereocenters. The van der Waals surface area contributed by atoms with Crippen LogP contribution in [0.4, 0.5) is 0 Å². The average Bonchev–Trinajstić information content (AvgIpc) is 2.67. The predicted molar refractivity (Wildman–Crippen MR) is 106 cm³/mol. The number of halogens is 1. The highest BCUT2D eigenvalue weighted by molar-refractivity contribution is 6.30. The lowest BCUT2D eigenvalue weighted by atomic mass is 10.1. The molecule has 4 heteroatoms. The first-order chi connectivity index (χ1) is 12.7. The van der Waals surface area contributed by atoms with Crippen LogP contribution >= 0.6 is 11.6 Å². The van der Waals surface area contributed by atoms with Gasteiger partial charge in [-0.05, 0) is 36.2 Å². The minimum absolute atomic E-state index is 0.307. The van der Waals surface area contributed by atoms with Gasteiger partial charge in [-0.2, -0.15) is 0 Å². The number of aryl methyl sites for hydroxylation is 1. The average molecular weight is 366 g/mol. The SMILES string of the molecule is Cc1ccccc1OC/C(=N\OCc1ccccc1)c1ccc(Cl)cc1. The molecule has 0 saturated carbocycles. The summed E-state index contributed by atoms with van der Waals surface area (Å²) < 4.78 is 5.94. The Morgan fingerprint density at radius 1 is 0.885 bits per heavy atom. The second kappa shape index (κ2) is 9.07. The summed E-state index contributed by atoms with van der Waals surface area (Å²) in [5, 5.41) is 4.99. The molecule has 0 radical (unpaired) electrons. The summed E-state index contributed by atoms with van der Waals surface area (Å²) in [5.74, 6) is 0.831. The third-order valence-electron chi connectivity index (χ3n) is 3.88. The molecule has 3 aromatic rings. The molecule has 0 saturated heterocycles. The van der Waals surface area contributed by atoms with E-state index < -0.39 is 0 Å². The van der Waals surface area contributed by atoms with Crippen molar-refractivity contribution in [1.29, 1.82) is 0 Å². The van der Waals surface area contributed by atoms with E-state index in [2.05, 4.69) is 5.16 Å². The van der Waals surface area contributed by atoms with Crippen LogP contribution in [-0.2, 0) is 11.4 Å². The molecular formula is C22H20ClNO2. The third-order valence-corrected chi connectivity index (χ3v) is 4.14. The summed E-state index contributed by atoms with van der Waals surface area (Å²) in [6, 6.07) is 25.3. The van der Waals surface area contributed by atoms with Gasteiger partial charge in [0, 0.05) is 10.6 Å². The Hall–Kier alpha value is -2.78. The Morgan fingerprint density at radius 3 is 2.31 bits per heavy atom. The number of hydrogen-bond donors (Lipinski definition) is 0. The van der Waals surface area contributed by atoms with Gasteiger partial charge >= 0.3 is 0 Å². The molecule has 0 bridgehead atoms. The molecule has 0 aliphatic carbocycles. The summed E-state index contributed by atoms with van der Waals surface area (Å²) in [4.78, 5) is 5.56. The molecular weight excluding hydrogens is 346 g/mol. The topological polar surface area (TPSA) is 30.8 Å². The highest BCUT2D eigenvalue weighted by atomic mass is 35.5. The standard InChI is InChI=1S/C22H20ClNO2/c1-17-7-5-6-10-22(17)25-16-21(19-11-13-20(23)14-12-19)24-26-15-18-8-3-2-4-9-18/h2-14H,15-16H2,1H3/b24-21+. The Kier molecular flexibility index (Phi) is 6.29. The lowest BCUT2D eigenvalue weighted by molar-refractivity contribution is 0.129. The number of nitrogens with zero attached hydrogens (tertiary/aromatic N) is 1. The van der Waals surface area contributed by atoms with E-state index in [9.17, 15) is 0 Å². The zero-order chi connectivity index (χ0) is 18.2.